The van der Waals surface area contributed by atoms with E-state index in [2.05, 4.69) is 46.8 Å². The van der Waals surface area contributed by atoms with Crippen LogP contribution in [0.3, 0.4) is 0 Å². The Morgan fingerprint density at radius 3 is 2.45 bits per heavy atom. The van der Waals surface area contributed by atoms with E-state index >= 15 is 0 Å². The van der Waals surface area contributed by atoms with Crippen LogP contribution in [0.2, 0.25) is 0 Å². The van der Waals surface area contributed by atoms with E-state index in [-0.39, 0.29) is 17.1 Å². The van der Waals surface area contributed by atoms with E-state index in [0.717, 1.165) is 36.5 Å². The van der Waals surface area contributed by atoms with Gasteiger partial charge in [0.2, 0.25) is 0 Å². The number of carbonyl (C=O) groups is 1. The highest BCUT2D eigenvalue weighted by atomic mass is 16.3. The first-order valence-corrected chi connectivity index (χ1v) is 12.6. The zero-order chi connectivity index (χ0) is 21.0. The number of carbonyl (C=O) groups excluding carboxylic acids is 1. The Kier molecular flexibility index (Phi) is 5.82. The van der Waals surface area contributed by atoms with Crippen molar-refractivity contribution in [2.24, 2.45) is 52.3 Å². The Balaban J connectivity index is 1.49. The largest absolute Gasteiger partial charge is 0.385 e. The summed E-state index contributed by atoms with van der Waals surface area (Å²) in [6.07, 6.45) is 15.1. The molecule has 2 unspecified atom stereocenters. The summed E-state index contributed by atoms with van der Waals surface area (Å²) in [5, 5.41) is 10.2. The summed E-state index contributed by atoms with van der Waals surface area (Å²) >= 11 is 0. The van der Waals surface area contributed by atoms with Gasteiger partial charge in [-0.2, -0.15) is 0 Å². The maximum Gasteiger partial charge on any atom is 0.164 e. The quantitative estimate of drug-likeness (QED) is 0.540. The molecule has 0 aromatic rings. The molecule has 0 saturated heterocycles. The third kappa shape index (κ3) is 3.46. The molecule has 4 rings (SSSR count). The van der Waals surface area contributed by atoms with Gasteiger partial charge < -0.3 is 5.11 Å². The Hall–Kier alpha value is -0.630. The second-order valence-electron chi connectivity index (χ2n) is 12.1. The SMILES string of the molecule is CC(C)CCC[C@@H](C)[C@H]1C=C[C@H]2[C@@H]3CCC4C(=O)C(O)CC[C@]4(C)[C@H]3CC[C@]12C. The number of fused-ring (bicyclic) bond motifs is 5. The molecule has 0 aromatic carbocycles. The Morgan fingerprint density at radius 2 is 1.72 bits per heavy atom. The lowest BCUT2D eigenvalue weighted by molar-refractivity contribution is -0.159. The molecule has 0 heterocycles. The molecule has 1 N–H and O–H groups in total. The smallest absolute Gasteiger partial charge is 0.164 e. The standard InChI is InChI=1S/C27H44O2/c1-17(2)7-6-8-18(3)20-11-12-21-19-9-10-23-25(29)24(28)14-16-27(23,5)22(19)13-15-26(20,21)4/h11-12,17-24,28H,6-10,13-16H2,1-5H3/t18-,19+,20-,21+,22+,23?,24?,26-,27-/m1/s1. The molecule has 29 heavy (non-hydrogen) atoms. The first-order chi connectivity index (χ1) is 13.7. The van der Waals surface area contributed by atoms with Crippen LogP contribution >= 0.6 is 0 Å². The van der Waals surface area contributed by atoms with Crippen molar-refractivity contribution in [2.45, 2.75) is 98.5 Å². The lowest BCUT2D eigenvalue weighted by atomic mass is 9.44. The molecule has 0 aromatic heterocycles. The molecule has 0 bridgehead atoms. The van der Waals surface area contributed by atoms with Crippen LogP contribution < -0.4 is 0 Å². The molecule has 3 saturated carbocycles. The lowest BCUT2D eigenvalue weighted by Gasteiger charge is -2.60. The zero-order valence-electron chi connectivity index (χ0n) is 19.5. The minimum Gasteiger partial charge on any atom is -0.385 e. The second kappa shape index (κ2) is 7.81. The van der Waals surface area contributed by atoms with Gasteiger partial charge in [0.1, 0.15) is 6.10 Å². The van der Waals surface area contributed by atoms with Gasteiger partial charge in [-0.05, 0) is 84.9 Å². The third-order valence-corrected chi connectivity index (χ3v) is 10.1. The predicted octanol–water partition coefficient (Wildman–Crippen LogP) is 6.42. The monoisotopic (exact) mass is 400 g/mol. The van der Waals surface area contributed by atoms with E-state index in [0.29, 0.717) is 23.7 Å². The molecule has 164 valence electrons. The van der Waals surface area contributed by atoms with Crippen molar-refractivity contribution in [2.75, 3.05) is 0 Å². The second-order valence-corrected chi connectivity index (χ2v) is 12.1. The zero-order valence-corrected chi connectivity index (χ0v) is 19.5. The molecule has 4 aliphatic carbocycles. The van der Waals surface area contributed by atoms with Gasteiger partial charge in [-0.15, -0.1) is 0 Å². The predicted molar refractivity (Wildman–Crippen MR) is 119 cm³/mol. The number of Topliss-reactive ketones (excluding diaryl/α,β-unsaturated/α-hetero) is 1. The first kappa shape index (κ1) is 21.6. The van der Waals surface area contributed by atoms with Crippen LogP contribution in [0.15, 0.2) is 12.2 Å². The molecule has 9 atom stereocenters. The minimum absolute atomic E-state index is 0.105. The normalized spacial score (nSPS) is 47.6. The molecule has 0 amide bonds. The molecule has 0 aliphatic heterocycles. The van der Waals surface area contributed by atoms with E-state index in [9.17, 15) is 9.90 Å². The number of rotatable bonds is 5. The molecular formula is C27H44O2. The van der Waals surface area contributed by atoms with Gasteiger partial charge in [-0.1, -0.05) is 66.0 Å². The van der Waals surface area contributed by atoms with Crippen molar-refractivity contribution in [3.63, 3.8) is 0 Å². The fourth-order valence-electron chi connectivity index (χ4n) is 8.46. The number of hydrogen-bond donors (Lipinski definition) is 1. The van der Waals surface area contributed by atoms with Crippen LogP contribution in [-0.4, -0.2) is 17.0 Å². The van der Waals surface area contributed by atoms with Gasteiger partial charge >= 0.3 is 0 Å². The van der Waals surface area contributed by atoms with Gasteiger partial charge in [-0.3, -0.25) is 4.79 Å². The van der Waals surface area contributed by atoms with E-state index in [4.69, 9.17) is 0 Å². The van der Waals surface area contributed by atoms with Crippen molar-refractivity contribution in [3.8, 4) is 0 Å². The number of aliphatic hydroxyl groups excluding tert-OH is 1. The average molecular weight is 401 g/mol. The Bertz CT molecular complexity index is 651. The van der Waals surface area contributed by atoms with Gasteiger partial charge in [0.25, 0.3) is 0 Å². The van der Waals surface area contributed by atoms with Gasteiger partial charge in [0, 0.05) is 5.92 Å². The summed E-state index contributed by atoms with van der Waals surface area (Å²) in [6, 6.07) is 0. The van der Waals surface area contributed by atoms with E-state index in [1.54, 1.807) is 0 Å². The van der Waals surface area contributed by atoms with E-state index in [1.807, 2.05) is 0 Å². The van der Waals surface area contributed by atoms with Crippen LogP contribution in [0, 0.1) is 52.3 Å². The maximum absolute atomic E-state index is 12.8. The molecule has 2 nitrogen and oxygen atoms in total. The van der Waals surface area contributed by atoms with Crippen LogP contribution in [0.1, 0.15) is 92.4 Å². The highest BCUT2D eigenvalue weighted by Crippen LogP contribution is 2.66. The third-order valence-electron chi connectivity index (χ3n) is 10.1. The summed E-state index contributed by atoms with van der Waals surface area (Å²) < 4.78 is 0. The molecule has 0 spiro atoms. The van der Waals surface area contributed by atoms with Crippen molar-refractivity contribution in [1.82, 2.24) is 0 Å². The summed E-state index contributed by atoms with van der Waals surface area (Å²) in [6.45, 7) is 12.1. The van der Waals surface area contributed by atoms with Crippen molar-refractivity contribution in [3.05, 3.63) is 12.2 Å². The summed E-state index contributed by atoms with van der Waals surface area (Å²) in [5.74, 6) is 4.66. The van der Waals surface area contributed by atoms with Crippen molar-refractivity contribution >= 4 is 5.78 Å². The van der Waals surface area contributed by atoms with Crippen molar-refractivity contribution in [1.29, 1.82) is 0 Å². The summed E-state index contributed by atoms with van der Waals surface area (Å²) in [5.41, 5.74) is 0.537. The average Bonchev–Trinajstić information content (AvgIpc) is 3.02. The van der Waals surface area contributed by atoms with Crippen LogP contribution in [-0.2, 0) is 4.79 Å². The van der Waals surface area contributed by atoms with E-state index in [1.165, 1.54) is 38.5 Å². The molecular weight excluding hydrogens is 356 g/mol. The number of aliphatic hydroxyl groups is 1. The molecule has 0 radical (unpaired) electrons. The van der Waals surface area contributed by atoms with Crippen LogP contribution in [0.25, 0.3) is 0 Å². The highest BCUT2D eigenvalue weighted by Gasteiger charge is 2.60. The number of allylic oxidation sites excluding steroid dienone is 2. The Morgan fingerprint density at radius 1 is 1.00 bits per heavy atom. The topological polar surface area (TPSA) is 37.3 Å². The maximum atomic E-state index is 12.8. The van der Waals surface area contributed by atoms with E-state index < -0.39 is 6.10 Å². The van der Waals surface area contributed by atoms with Gasteiger partial charge in [-0.25, -0.2) is 0 Å². The summed E-state index contributed by atoms with van der Waals surface area (Å²) in [7, 11) is 0. The van der Waals surface area contributed by atoms with Gasteiger partial charge in [0.05, 0.1) is 0 Å². The van der Waals surface area contributed by atoms with Crippen molar-refractivity contribution < 1.29 is 9.90 Å². The van der Waals surface area contributed by atoms with Crippen LogP contribution in [0.4, 0.5) is 0 Å². The minimum atomic E-state index is -0.694. The Labute approximate surface area is 178 Å². The molecule has 4 aliphatic rings. The van der Waals surface area contributed by atoms with Crippen LogP contribution in [0.5, 0.6) is 0 Å². The summed E-state index contributed by atoms with van der Waals surface area (Å²) in [4.78, 5) is 12.8. The fourth-order valence-corrected chi connectivity index (χ4v) is 8.46. The molecule has 2 heteroatoms. The van der Waals surface area contributed by atoms with Gasteiger partial charge in [0.15, 0.2) is 5.78 Å². The first-order valence-electron chi connectivity index (χ1n) is 12.6. The fraction of sp³-hybridized carbons (Fsp3) is 0.889. The highest BCUT2D eigenvalue weighted by molar-refractivity contribution is 5.87. The molecule has 3 fully saturated rings. The lowest BCUT2D eigenvalue weighted by Crippen LogP contribution is -2.57. The number of ketones is 1. The number of hydrogen-bond acceptors (Lipinski definition) is 2.